The van der Waals surface area contributed by atoms with Crippen molar-refractivity contribution in [3.05, 3.63) is 70.1 Å². The highest BCUT2D eigenvalue weighted by molar-refractivity contribution is 7.10. The lowest BCUT2D eigenvalue weighted by Gasteiger charge is -2.11. The molecule has 1 N–H and O–H groups in total. The number of thiophene rings is 1. The van der Waals surface area contributed by atoms with Gasteiger partial charge in [0.05, 0.1) is 6.04 Å². The number of ketones is 1. The molecule has 7 heteroatoms. The molecular weight excluding hydrogens is 378 g/mol. The molecule has 0 saturated heterocycles. The van der Waals surface area contributed by atoms with E-state index in [1.54, 1.807) is 41.7 Å². The molecule has 3 aromatic rings. The van der Waals surface area contributed by atoms with Crippen molar-refractivity contribution in [1.82, 2.24) is 5.32 Å². The van der Waals surface area contributed by atoms with Gasteiger partial charge < -0.3 is 14.5 Å². The van der Waals surface area contributed by atoms with Gasteiger partial charge in [0.25, 0.3) is 5.91 Å². The molecule has 0 aliphatic heterocycles. The number of furan rings is 1. The molecule has 3 rings (SSSR count). The van der Waals surface area contributed by atoms with E-state index < -0.39 is 12.6 Å². The molecule has 1 atom stereocenters. The number of carbonyl (C=O) groups is 3. The first kappa shape index (κ1) is 19.6. The first-order chi connectivity index (χ1) is 13.4. The van der Waals surface area contributed by atoms with Gasteiger partial charge in [0.2, 0.25) is 5.76 Å². The summed E-state index contributed by atoms with van der Waals surface area (Å²) in [5.41, 5.74) is 1.32. The fourth-order valence-electron chi connectivity index (χ4n) is 2.57. The van der Waals surface area contributed by atoms with Gasteiger partial charge >= 0.3 is 5.97 Å². The first-order valence-corrected chi connectivity index (χ1v) is 9.53. The molecule has 0 saturated carbocycles. The van der Waals surface area contributed by atoms with Crippen molar-refractivity contribution in [2.75, 3.05) is 6.61 Å². The highest BCUT2D eigenvalue weighted by Crippen LogP contribution is 2.23. The number of Topliss-reactive ketones (excluding diaryl/α,β-unsaturated/α-hetero) is 1. The fourth-order valence-corrected chi connectivity index (χ4v) is 3.30. The lowest BCUT2D eigenvalue weighted by molar-refractivity contribution is -0.124. The van der Waals surface area contributed by atoms with Gasteiger partial charge in [0, 0.05) is 16.0 Å². The van der Waals surface area contributed by atoms with Gasteiger partial charge in [-0.3, -0.25) is 9.59 Å². The Bertz CT molecular complexity index is 973. The third kappa shape index (κ3) is 4.75. The van der Waals surface area contributed by atoms with Gasteiger partial charge in [0.15, 0.2) is 12.4 Å². The van der Waals surface area contributed by atoms with Crippen LogP contribution in [0.4, 0.5) is 0 Å². The highest BCUT2D eigenvalue weighted by atomic mass is 32.1. The largest absolute Gasteiger partial charge is 0.450 e. The number of esters is 1. The number of rotatable bonds is 7. The fraction of sp³-hybridized carbons (Fsp3) is 0.190. The Balaban J connectivity index is 1.55. The molecule has 0 unspecified atom stereocenters. The van der Waals surface area contributed by atoms with E-state index in [1.165, 1.54) is 13.0 Å². The smallest absolute Gasteiger partial charge is 0.374 e. The molecule has 0 spiro atoms. The summed E-state index contributed by atoms with van der Waals surface area (Å²) in [6.07, 6.45) is 0. The number of hydrogen-bond donors (Lipinski definition) is 1. The first-order valence-electron chi connectivity index (χ1n) is 8.65. The molecule has 1 amide bonds. The number of nitrogens with one attached hydrogen (secondary N) is 1. The molecule has 6 nitrogen and oxygen atoms in total. The molecule has 0 fully saturated rings. The van der Waals surface area contributed by atoms with E-state index in [0.29, 0.717) is 11.3 Å². The number of ether oxygens (including phenoxy) is 1. The molecular formula is C21H19NO5S. The van der Waals surface area contributed by atoms with E-state index in [9.17, 15) is 14.4 Å². The Kier molecular flexibility index (Phi) is 6.06. The lowest BCUT2D eigenvalue weighted by Crippen LogP contribution is -2.30. The molecule has 1 aromatic carbocycles. The quantitative estimate of drug-likeness (QED) is 0.476. The number of benzene rings is 1. The Labute approximate surface area is 166 Å². The second kappa shape index (κ2) is 8.67. The van der Waals surface area contributed by atoms with Crippen molar-refractivity contribution >= 4 is 29.0 Å². The van der Waals surface area contributed by atoms with Gasteiger partial charge in [-0.05, 0) is 37.4 Å². The van der Waals surface area contributed by atoms with Gasteiger partial charge in [-0.2, -0.15) is 0 Å². The SMILES string of the molecule is CC(=O)c1ccc(-c2ccc(C(=O)OCC(=O)N[C@@H](C)c3cccs3)o2)cc1. The van der Waals surface area contributed by atoms with Crippen LogP contribution in [0.15, 0.2) is 58.3 Å². The van der Waals surface area contributed by atoms with E-state index in [0.717, 1.165) is 10.4 Å². The number of carbonyl (C=O) groups excluding carboxylic acids is 3. The Morgan fingerprint density at radius 3 is 2.50 bits per heavy atom. The third-order valence-electron chi connectivity index (χ3n) is 4.06. The molecule has 2 heterocycles. The van der Waals surface area contributed by atoms with Crippen LogP contribution in [-0.4, -0.2) is 24.3 Å². The minimum Gasteiger partial charge on any atom is -0.450 e. The maximum absolute atomic E-state index is 12.1. The minimum atomic E-state index is -0.717. The van der Waals surface area contributed by atoms with Crippen molar-refractivity contribution < 1.29 is 23.5 Å². The van der Waals surface area contributed by atoms with Crippen molar-refractivity contribution in [3.63, 3.8) is 0 Å². The van der Waals surface area contributed by atoms with E-state index in [1.807, 2.05) is 24.4 Å². The summed E-state index contributed by atoms with van der Waals surface area (Å²) in [7, 11) is 0. The summed E-state index contributed by atoms with van der Waals surface area (Å²) in [5.74, 6) is -0.657. The van der Waals surface area contributed by atoms with E-state index >= 15 is 0 Å². The predicted octanol–water partition coefficient (Wildman–Crippen LogP) is 4.24. The lowest BCUT2D eigenvalue weighted by atomic mass is 10.1. The summed E-state index contributed by atoms with van der Waals surface area (Å²) in [6, 6.07) is 13.7. The van der Waals surface area contributed by atoms with Crippen LogP contribution in [0.1, 0.15) is 45.7 Å². The van der Waals surface area contributed by atoms with Crippen molar-refractivity contribution in [3.8, 4) is 11.3 Å². The Hall–Kier alpha value is -3.19. The van der Waals surface area contributed by atoms with Gasteiger partial charge in [-0.1, -0.05) is 30.3 Å². The standard InChI is InChI=1S/C21H19NO5S/c1-13(19-4-3-11-28-19)22-20(24)12-26-21(25)18-10-9-17(27-18)16-7-5-15(6-8-16)14(2)23/h3-11,13H,12H2,1-2H3,(H,22,24)/t13-/m0/s1. The molecule has 0 radical (unpaired) electrons. The van der Waals surface area contributed by atoms with Crippen LogP contribution < -0.4 is 5.32 Å². The molecule has 144 valence electrons. The zero-order chi connectivity index (χ0) is 20.1. The van der Waals surface area contributed by atoms with Crippen LogP contribution in [0, 0.1) is 0 Å². The average molecular weight is 397 g/mol. The minimum absolute atomic E-state index is 0.00440. The normalized spacial score (nSPS) is 11.6. The molecule has 0 bridgehead atoms. The summed E-state index contributed by atoms with van der Waals surface area (Å²) < 4.78 is 10.5. The molecule has 0 aliphatic carbocycles. The van der Waals surface area contributed by atoms with Crippen LogP contribution >= 0.6 is 11.3 Å². The van der Waals surface area contributed by atoms with Crippen LogP contribution in [0.2, 0.25) is 0 Å². The predicted molar refractivity (Wildman–Crippen MR) is 105 cm³/mol. The van der Waals surface area contributed by atoms with Crippen LogP contribution in [-0.2, 0) is 9.53 Å². The Morgan fingerprint density at radius 2 is 1.86 bits per heavy atom. The maximum Gasteiger partial charge on any atom is 0.374 e. The zero-order valence-corrected chi connectivity index (χ0v) is 16.2. The zero-order valence-electron chi connectivity index (χ0n) is 15.4. The second-order valence-electron chi connectivity index (χ2n) is 6.18. The number of amides is 1. The van der Waals surface area contributed by atoms with E-state index in [4.69, 9.17) is 9.15 Å². The summed E-state index contributed by atoms with van der Waals surface area (Å²) >= 11 is 1.54. The molecule has 2 aromatic heterocycles. The summed E-state index contributed by atoms with van der Waals surface area (Å²) in [6.45, 7) is 2.97. The van der Waals surface area contributed by atoms with E-state index in [-0.39, 0.29) is 23.5 Å². The van der Waals surface area contributed by atoms with Crippen molar-refractivity contribution in [2.24, 2.45) is 0 Å². The van der Waals surface area contributed by atoms with Crippen LogP contribution in [0.5, 0.6) is 0 Å². The van der Waals surface area contributed by atoms with Crippen LogP contribution in [0.25, 0.3) is 11.3 Å². The summed E-state index contributed by atoms with van der Waals surface area (Å²) in [5, 5.41) is 4.70. The van der Waals surface area contributed by atoms with Gasteiger partial charge in [-0.25, -0.2) is 4.79 Å². The number of hydrogen-bond acceptors (Lipinski definition) is 6. The topological polar surface area (TPSA) is 85.6 Å². The van der Waals surface area contributed by atoms with Crippen molar-refractivity contribution in [2.45, 2.75) is 19.9 Å². The maximum atomic E-state index is 12.1. The second-order valence-corrected chi connectivity index (χ2v) is 7.16. The van der Waals surface area contributed by atoms with Crippen LogP contribution in [0.3, 0.4) is 0 Å². The van der Waals surface area contributed by atoms with Crippen molar-refractivity contribution in [1.29, 1.82) is 0 Å². The van der Waals surface area contributed by atoms with Gasteiger partial charge in [0.1, 0.15) is 5.76 Å². The van der Waals surface area contributed by atoms with E-state index in [2.05, 4.69) is 5.32 Å². The average Bonchev–Trinajstić information content (AvgIpc) is 3.38. The Morgan fingerprint density at radius 1 is 1.11 bits per heavy atom. The summed E-state index contributed by atoms with van der Waals surface area (Å²) in [4.78, 5) is 36.4. The molecule has 0 aliphatic rings. The highest BCUT2D eigenvalue weighted by Gasteiger charge is 2.17. The monoisotopic (exact) mass is 397 g/mol. The van der Waals surface area contributed by atoms with Gasteiger partial charge in [-0.15, -0.1) is 11.3 Å². The third-order valence-corrected chi connectivity index (χ3v) is 5.12. The molecule has 28 heavy (non-hydrogen) atoms.